The van der Waals surface area contributed by atoms with Crippen LogP contribution in [0.2, 0.25) is 0 Å². The molecular weight excluding hydrogens is 184 g/mol. The molecule has 0 bridgehead atoms. The van der Waals surface area contributed by atoms with E-state index in [0.29, 0.717) is 6.42 Å². The Morgan fingerprint density at radius 3 is 2.69 bits per heavy atom. The van der Waals surface area contributed by atoms with E-state index in [9.17, 15) is 4.79 Å². The molecule has 13 heavy (non-hydrogen) atoms. The van der Waals surface area contributed by atoms with Crippen molar-refractivity contribution in [3.05, 3.63) is 11.3 Å². The maximum atomic E-state index is 11.2. The summed E-state index contributed by atoms with van der Waals surface area (Å²) in [5, 5.41) is 3.73. The minimum Gasteiger partial charge on any atom is -0.316 e. The van der Waals surface area contributed by atoms with Crippen LogP contribution in [0.4, 0.5) is 5.00 Å². The molecule has 0 saturated heterocycles. The lowest BCUT2D eigenvalue weighted by Gasteiger charge is -2.01. The second-order valence-electron chi connectivity index (χ2n) is 3.02. The molecule has 0 unspecified atom stereocenters. The van der Waals surface area contributed by atoms with E-state index < -0.39 is 0 Å². The Hall–Kier alpha value is -0.900. The lowest BCUT2D eigenvalue weighted by atomic mass is 10.3. The zero-order chi connectivity index (χ0) is 9.84. The summed E-state index contributed by atoms with van der Waals surface area (Å²) in [6.07, 6.45) is 1.46. The Bertz CT molecular complexity index is 307. The predicted octanol–water partition coefficient (Wildman–Crippen LogP) is 2.50. The van der Waals surface area contributed by atoms with Gasteiger partial charge < -0.3 is 5.32 Å². The van der Waals surface area contributed by atoms with Gasteiger partial charge in [0, 0.05) is 12.0 Å². The van der Waals surface area contributed by atoms with Crippen LogP contribution in [-0.2, 0) is 4.79 Å². The number of hydrogen-bond acceptors (Lipinski definition) is 3. The molecule has 1 aromatic heterocycles. The van der Waals surface area contributed by atoms with Gasteiger partial charge in [-0.2, -0.15) is 4.37 Å². The lowest BCUT2D eigenvalue weighted by molar-refractivity contribution is -0.116. The first-order chi connectivity index (χ1) is 6.15. The number of nitrogens with one attached hydrogen (secondary N) is 1. The standard InChI is InChI=1S/C9H14N2OS/c1-4-5-8(12)10-9-6(2)7(3)11-13-9/h4-5H2,1-3H3,(H,10,12). The van der Waals surface area contributed by atoms with E-state index >= 15 is 0 Å². The van der Waals surface area contributed by atoms with E-state index in [-0.39, 0.29) is 5.91 Å². The normalized spacial score (nSPS) is 10.1. The molecule has 3 nitrogen and oxygen atoms in total. The van der Waals surface area contributed by atoms with Crippen LogP contribution < -0.4 is 5.32 Å². The van der Waals surface area contributed by atoms with Crippen molar-refractivity contribution in [2.24, 2.45) is 0 Å². The van der Waals surface area contributed by atoms with Crippen molar-refractivity contribution >= 4 is 22.4 Å². The van der Waals surface area contributed by atoms with Gasteiger partial charge in [0.2, 0.25) is 5.91 Å². The number of aryl methyl sites for hydroxylation is 1. The number of anilines is 1. The quantitative estimate of drug-likeness (QED) is 0.810. The second kappa shape index (κ2) is 4.37. The van der Waals surface area contributed by atoms with Crippen molar-refractivity contribution < 1.29 is 4.79 Å². The van der Waals surface area contributed by atoms with Crippen LogP contribution in [0.25, 0.3) is 0 Å². The van der Waals surface area contributed by atoms with E-state index in [2.05, 4.69) is 9.69 Å². The summed E-state index contributed by atoms with van der Waals surface area (Å²) in [5.74, 6) is 0.0780. The molecule has 1 N–H and O–H groups in total. The van der Waals surface area contributed by atoms with Crippen molar-refractivity contribution in [1.29, 1.82) is 0 Å². The van der Waals surface area contributed by atoms with E-state index in [1.165, 1.54) is 11.5 Å². The minimum absolute atomic E-state index is 0.0780. The number of carbonyl (C=O) groups is 1. The molecule has 0 radical (unpaired) electrons. The second-order valence-corrected chi connectivity index (χ2v) is 3.79. The van der Waals surface area contributed by atoms with Gasteiger partial charge in [0.1, 0.15) is 5.00 Å². The van der Waals surface area contributed by atoms with Crippen LogP contribution in [-0.4, -0.2) is 10.3 Å². The van der Waals surface area contributed by atoms with Crippen LogP contribution in [0.15, 0.2) is 0 Å². The average Bonchev–Trinajstić information content (AvgIpc) is 2.37. The molecule has 1 heterocycles. The summed E-state index contributed by atoms with van der Waals surface area (Å²) in [4.78, 5) is 11.2. The average molecular weight is 198 g/mol. The third-order valence-corrected chi connectivity index (χ3v) is 2.84. The van der Waals surface area contributed by atoms with Gasteiger partial charge in [0.05, 0.1) is 5.69 Å². The fourth-order valence-corrected chi connectivity index (χ4v) is 1.76. The molecule has 0 spiro atoms. The van der Waals surface area contributed by atoms with E-state index in [0.717, 1.165) is 22.7 Å². The van der Waals surface area contributed by atoms with Crippen molar-refractivity contribution in [2.45, 2.75) is 33.6 Å². The zero-order valence-electron chi connectivity index (χ0n) is 8.18. The number of rotatable bonds is 3. The molecule has 0 aliphatic heterocycles. The molecular formula is C9H14N2OS. The zero-order valence-corrected chi connectivity index (χ0v) is 8.99. The van der Waals surface area contributed by atoms with Crippen LogP contribution in [0.3, 0.4) is 0 Å². The Morgan fingerprint density at radius 2 is 2.23 bits per heavy atom. The van der Waals surface area contributed by atoms with Crippen molar-refractivity contribution in [3.63, 3.8) is 0 Å². The van der Waals surface area contributed by atoms with Crippen LogP contribution in [0.5, 0.6) is 0 Å². The molecule has 0 fully saturated rings. The number of amides is 1. The van der Waals surface area contributed by atoms with Gasteiger partial charge in [0.15, 0.2) is 0 Å². The molecule has 1 amide bonds. The molecule has 1 aromatic rings. The highest BCUT2D eigenvalue weighted by molar-refractivity contribution is 7.10. The Morgan fingerprint density at radius 1 is 1.54 bits per heavy atom. The Labute approximate surface area is 82.3 Å². The molecule has 0 aromatic carbocycles. The molecule has 0 aliphatic carbocycles. The number of carbonyl (C=O) groups excluding carboxylic acids is 1. The summed E-state index contributed by atoms with van der Waals surface area (Å²) in [6, 6.07) is 0. The van der Waals surface area contributed by atoms with Crippen LogP contribution in [0, 0.1) is 13.8 Å². The van der Waals surface area contributed by atoms with Gasteiger partial charge in [-0.3, -0.25) is 4.79 Å². The van der Waals surface area contributed by atoms with Gasteiger partial charge in [-0.15, -0.1) is 0 Å². The molecule has 1 rings (SSSR count). The first-order valence-electron chi connectivity index (χ1n) is 4.38. The molecule has 4 heteroatoms. The largest absolute Gasteiger partial charge is 0.316 e. The molecule has 0 saturated carbocycles. The number of aromatic nitrogens is 1. The summed E-state index contributed by atoms with van der Waals surface area (Å²) in [5.41, 5.74) is 2.08. The topological polar surface area (TPSA) is 42.0 Å². The third-order valence-electron chi connectivity index (χ3n) is 1.89. The summed E-state index contributed by atoms with van der Waals surface area (Å²) >= 11 is 1.35. The van der Waals surface area contributed by atoms with E-state index in [1.54, 1.807) is 0 Å². The van der Waals surface area contributed by atoms with Crippen molar-refractivity contribution in [1.82, 2.24) is 4.37 Å². The summed E-state index contributed by atoms with van der Waals surface area (Å²) in [7, 11) is 0. The Kier molecular flexibility index (Phi) is 3.42. The Balaban J connectivity index is 2.64. The highest BCUT2D eigenvalue weighted by Gasteiger charge is 2.08. The summed E-state index contributed by atoms with van der Waals surface area (Å²) < 4.78 is 4.16. The van der Waals surface area contributed by atoms with Crippen LogP contribution in [0.1, 0.15) is 31.0 Å². The fraction of sp³-hybridized carbons (Fsp3) is 0.556. The molecule has 72 valence electrons. The third kappa shape index (κ3) is 2.52. The van der Waals surface area contributed by atoms with Gasteiger partial charge in [-0.25, -0.2) is 0 Å². The van der Waals surface area contributed by atoms with Crippen LogP contribution >= 0.6 is 11.5 Å². The fourth-order valence-electron chi connectivity index (χ4n) is 0.948. The minimum atomic E-state index is 0.0780. The van der Waals surface area contributed by atoms with Crippen molar-refractivity contribution in [3.8, 4) is 0 Å². The molecule has 0 atom stereocenters. The smallest absolute Gasteiger partial charge is 0.225 e. The lowest BCUT2D eigenvalue weighted by Crippen LogP contribution is -2.10. The number of nitrogens with zero attached hydrogens (tertiary/aromatic N) is 1. The van der Waals surface area contributed by atoms with Gasteiger partial charge in [0.25, 0.3) is 0 Å². The maximum Gasteiger partial charge on any atom is 0.225 e. The molecule has 0 aliphatic rings. The van der Waals surface area contributed by atoms with E-state index in [1.807, 2.05) is 20.8 Å². The van der Waals surface area contributed by atoms with Gasteiger partial charge in [-0.05, 0) is 31.8 Å². The first-order valence-corrected chi connectivity index (χ1v) is 5.15. The van der Waals surface area contributed by atoms with E-state index in [4.69, 9.17) is 0 Å². The SMILES string of the molecule is CCCC(=O)Nc1snc(C)c1C. The highest BCUT2D eigenvalue weighted by Crippen LogP contribution is 2.22. The summed E-state index contributed by atoms with van der Waals surface area (Å²) in [6.45, 7) is 5.91. The van der Waals surface area contributed by atoms with Crippen molar-refractivity contribution in [2.75, 3.05) is 5.32 Å². The predicted molar refractivity (Wildman–Crippen MR) is 55.1 cm³/mol. The first kappa shape index (κ1) is 10.2. The number of hydrogen-bond donors (Lipinski definition) is 1. The van der Waals surface area contributed by atoms with Gasteiger partial charge >= 0.3 is 0 Å². The van der Waals surface area contributed by atoms with Gasteiger partial charge in [-0.1, -0.05) is 6.92 Å². The maximum absolute atomic E-state index is 11.2. The monoisotopic (exact) mass is 198 g/mol. The highest BCUT2D eigenvalue weighted by atomic mass is 32.1.